The number of nitrogens with zero attached hydrogens (tertiary/aromatic N) is 7. The number of aromatic nitrogens is 4. The maximum absolute atomic E-state index is 13.3. The van der Waals surface area contributed by atoms with Gasteiger partial charge < -0.3 is 14.5 Å². The molecule has 0 N–H and O–H groups in total. The van der Waals surface area contributed by atoms with Crippen LogP contribution in [0.2, 0.25) is 5.02 Å². The quantitative estimate of drug-likeness (QED) is 0.618. The number of amides is 1. The molecule has 2 aromatic carbocycles. The summed E-state index contributed by atoms with van der Waals surface area (Å²) in [7, 11) is 1.51. The summed E-state index contributed by atoms with van der Waals surface area (Å²) < 4.78 is 6.89. The minimum atomic E-state index is -0.135. The van der Waals surface area contributed by atoms with Crippen LogP contribution in [-0.2, 0) is 0 Å². The Morgan fingerprint density at radius 3 is 2.65 bits per heavy atom. The van der Waals surface area contributed by atoms with E-state index in [1.807, 2.05) is 29.2 Å². The molecule has 0 bridgehead atoms. The molecular formula is C21H20ClN7O2. The zero-order chi connectivity index (χ0) is 21.8. The van der Waals surface area contributed by atoms with Crippen molar-refractivity contribution < 1.29 is 9.53 Å². The average molecular weight is 438 g/mol. The number of benzene rings is 2. The second-order valence-electron chi connectivity index (χ2n) is 7.05. The van der Waals surface area contributed by atoms with E-state index in [1.165, 1.54) is 18.1 Å². The highest BCUT2D eigenvalue weighted by Gasteiger charge is 2.24. The largest absolute Gasteiger partial charge is 0.496 e. The van der Waals surface area contributed by atoms with Gasteiger partial charge in [-0.25, -0.2) is 0 Å². The molecule has 31 heavy (non-hydrogen) atoms. The predicted octanol–water partition coefficient (Wildman–Crippen LogP) is 2.55. The Kier molecular flexibility index (Phi) is 6.00. The van der Waals surface area contributed by atoms with E-state index in [9.17, 15) is 4.79 Å². The number of methoxy groups -OCH3 is 1. The molecule has 4 rings (SSSR count). The van der Waals surface area contributed by atoms with Gasteiger partial charge in [0, 0.05) is 37.9 Å². The molecule has 10 heteroatoms. The summed E-state index contributed by atoms with van der Waals surface area (Å²) in [5, 5.41) is 20.4. The third kappa shape index (κ3) is 4.29. The van der Waals surface area contributed by atoms with Crippen molar-refractivity contribution >= 4 is 23.2 Å². The molecule has 1 aromatic heterocycles. The zero-order valence-electron chi connectivity index (χ0n) is 16.9. The summed E-state index contributed by atoms with van der Waals surface area (Å²) in [5.41, 5.74) is 2.60. The van der Waals surface area contributed by atoms with E-state index in [2.05, 4.69) is 26.5 Å². The molecule has 1 aliphatic heterocycles. The van der Waals surface area contributed by atoms with E-state index in [-0.39, 0.29) is 5.91 Å². The maximum Gasteiger partial charge on any atom is 0.257 e. The van der Waals surface area contributed by atoms with Gasteiger partial charge in [0.25, 0.3) is 5.91 Å². The number of hydrogen-bond donors (Lipinski definition) is 0. The predicted molar refractivity (Wildman–Crippen MR) is 115 cm³/mol. The lowest BCUT2D eigenvalue weighted by atomic mass is 10.1. The highest BCUT2D eigenvalue weighted by molar-refractivity contribution is 6.33. The normalized spacial score (nSPS) is 14.1. The third-order valence-corrected chi connectivity index (χ3v) is 5.54. The summed E-state index contributed by atoms with van der Waals surface area (Å²) >= 11 is 6.42. The standard InChI is InChI=1S/C21H20ClN7O2/c1-31-20-12-19(29-14-24-25-26-29)18(22)11-17(20)21(30)28-8-2-7-27(9-10-28)16-5-3-15(13-23)4-6-16/h3-6,11-12,14H,2,7-10H2,1H3. The summed E-state index contributed by atoms with van der Waals surface area (Å²) in [5.74, 6) is 0.275. The van der Waals surface area contributed by atoms with Gasteiger partial charge in [-0.3, -0.25) is 4.79 Å². The highest BCUT2D eigenvalue weighted by atomic mass is 35.5. The molecule has 1 amide bonds. The van der Waals surface area contributed by atoms with Crippen molar-refractivity contribution in [2.75, 3.05) is 38.2 Å². The van der Waals surface area contributed by atoms with Crippen LogP contribution in [0.15, 0.2) is 42.7 Å². The van der Waals surface area contributed by atoms with Gasteiger partial charge in [0.05, 0.1) is 35.0 Å². The van der Waals surface area contributed by atoms with E-state index in [1.54, 1.807) is 12.1 Å². The van der Waals surface area contributed by atoms with Crippen LogP contribution in [0.4, 0.5) is 5.69 Å². The Labute approximate surface area is 184 Å². The Balaban J connectivity index is 1.53. The number of rotatable bonds is 4. The molecule has 0 aliphatic carbocycles. The van der Waals surface area contributed by atoms with E-state index in [0.29, 0.717) is 47.2 Å². The third-order valence-electron chi connectivity index (χ3n) is 5.24. The lowest BCUT2D eigenvalue weighted by molar-refractivity contribution is 0.0763. The van der Waals surface area contributed by atoms with Crippen molar-refractivity contribution in [3.05, 3.63) is 58.9 Å². The van der Waals surface area contributed by atoms with Gasteiger partial charge in [-0.15, -0.1) is 5.10 Å². The number of ether oxygens (including phenoxy) is 1. The van der Waals surface area contributed by atoms with E-state index >= 15 is 0 Å². The first kappa shape index (κ1) is 20.6. The van der Waals surface area contributed by atoms with Gasteiger partial charge in [0.15, 0.2) is 0 Å². The smallest absolute Gasteiger partial charge is 0.257 e. The van der Waals surface area contributed by atoms with Gasteiger partial charge in [-0.2, -0.15) is 9.94 Å². The molecule has 3 aromatic rings. The molecule has 0 spiro atoms. The van der Waals surface area contributed by atoms with Crippen LogP contribution in [0.1, 0.15) is 22.3 Å². The van der Waals surface area contributed by atoms with Crippen molar-refractivity contribution in [2.24, 2.45) is 0 Å². The molecule has 0 saturated carbocycles. The zero-order valence-corrected chi connectivity index (χ0v) is 17.7. The van der Waals surface area contributed by atoms with Gasteiger partial charge in [-0.05, 0) is 47.2 Å². The van der Waals surface area contributed by atoms with E-state index in [0.717, 1.165) is 18.7 Å². The van der Waals surface area contributed by atoms with Crippen LogP contribution < -0.4 is 9.64 Å². The van der Waals surface area contributed by atoms with Crippen LogP contribution in [-0.4, -0.2) is 64.3 Å². The molecule has 1 fully saturated rings. The van der Waals surface area contributed by atoms with Crippen LogP contribution in [0.25, 0.3) is 5.69 Å². The van der Waals surface area contributed by atoms with Crippen LogP contribution in [0.5, 0.6) is 5.75 Å². The summed E-state index contributed by atoms with van der Waals surface area (Å²) in [4.78, 5) is 17.3. The number of tetrazole rings is 1. The molecular weight excluding hydrogens is 418 g/mol. The fraction of sp³-hybridized carbons (Fsp3) is 0.286. The lowest BCUT2D eigenvalue weighted by Gasteiger charge is -2.24. The fourth-order valence-corrected chi connectivity index (χ4v) is 3.87. The van der Waals surface area contributed by atoms with Gasteiger partial charge in [0.1, 0.15) is 12.1 Å². The Morgan fingerprint density at radius 2 is 1.97 bits per heavy atom. The minimum Gasteiger partial charge on any atom is -0.496 e. The topological polar surface area (TPSA) is 100 Å². The fourth-order valence-electron chi connectivity index (χ4n) is 3.62. The van der Waals surface area contributed by atoms with Gasteiger partial charge in [0.2, 0.25) is 0 Å². The highest BCUT2D eigenvalue weighted by Crippen LogP contribution is 2.30. The van der Waals surface area contributed by atoms with Crippen LogP contribution in [0, 0.1) is 11.3 Å². The SMILES string of the molecule is COc1cc(-n2cnnn2)c(Cl)cc1C(=O)N1CCCN(c2ccc(C#N)cc2)CC1. The second-order valence-corrected chi connectivity index (χ2v) is 7.46. The summed E-state index contributed by atoms with van der Waals surface area (Å²) in [6, 6.07) is 12.9. The minimum absolute atomic E-state index is 0.135. The first-order valence-corrected chi connectivity index (χ1v) is 10.1. The second kappa shape index (κ2) is 9.02. The van der Waals surface area contributed by atoms with E-state index in [4.69, 9.17) is 21.6 Å². The van der Waals surface area contributed by atoms with Crippen LogP contribution >= 0.6 is 11.6 Å². The molecule has 158 valence electrons. The molecule has 0 unspecified atom stereocenters. The molecule has 1 aliphatic rings. The number of carbonyl (C=O) groups is 1. The summed E-state index contributed by atoms with van der Waals surface area (Å²) in [6.07, 6.45) is 2.25. The molecule has 0 atom stereocenters. The number of nitriles is 1. The lowest BCUT2D eigenvalue weighted by Crippen LogP contribution is -2.35. The molecule has 9 nitrogen and oxygen atoms in total. The number of carbonyl (C=O) groups excluding carboxylic acids is 1. The summed E-state index contributed by atoms with van der Waals surface area (Å²) in [6.45, 7) is 2.71. The first-order chi connectivity index (χ1) is 15.1. The maximum atomic E-state index is 13.3. The average Bonchev–Trinajstić information content (AvgIpc) is 3.22. The van der Waals surface area contributed by atoms with Crippen molar-refractivity contribution in [2.45, 2.75) is 6.42 Å². The first-order valence-electron chi connectivity index (χ1n) is 9.76. The number of anilines is 1. The number of hydrogen-bond acceptors (Lipinski definition) is 7. The van der Waals surface area contributed by atoms with Crippen molar-refractivity contribution in [3.63, 3.8) is 0 Å². The number of halogens is 1. The van der Waals surface area contributed by atoms with Crippen molar-refractivity contribution in [1.82, 2.24) is 25.1 Å². The molecule has 0 radical (unpaired) electrons. The van der Waals surface area contributed by atoms with Crippen molar-refractivity contribution in [3.8, 4) is 17.5 Å². The van der Waals surface area contributed by atoms with Crippen LogP contribution in [0.3, 0.4) is 0 Å². The van der Waals surface area contributed by atoms with Crippen molar-refractivity contribution in [1.29, 1.82) is 5.26 Å². The van der Waals surface area contributed by atoms with E-state index < -0.39 is 0 Å². The molecule has 2 heterocycles. The molecule has 1 saturated heterocycles. The Hall–Kier alpha value is -3.64. The Bertz CT molecular complexity index is 1110. The van der Waals surface area contributed by atoms with Gasteiger partial charge in [-0.1, -0.05) is 11.6 Å². The van der Waals surface area contributed by atoms with Gasteiger partial charge >= 0.3 is 0 Å². The monoisotopic (exact) mass is 437 g/mol. The Morgan fingerprint density at radius 1 is 1.16 bits per heavy atom.